The number of amides is 2. The van der Waals surface area contributed by atoms with Crippen LogP contribution in [0.15, 0.2) is 34.7 Å². The van der Waals surface area contributed by atoms with Gasteiger partial charge in [-0.15, -0.1) is 0 Å². The van der Waals surface area contributed by atoms with Crippen LogP contribution < -0.4 is 5.32 Å². The van der Waals surface area contributed by atoms with Gasteiger partial charge in [-0.3, -0.25) is 9.59 Å². The van der Waals surface area contributed by atoms with Crippen molar-refractivity contribution < 1.29 is 18.7 Å². The summed E-state index contributed by atoms with van der Waals surface area (Å²) in [5.74, 6) is 0.747. The second kappa shape index (κ2) is 8.78. The molecular formula is C22H27N3O4. The molecule has 2 aliphatic rings. The van der Waals surface area contributed by atoms with Crippen molar-refractivity contribution in [3.63, 3.8) is 0 Å². The summed E-state index contributed by atoms with van der Waals surface area (Å²) in [4.78, 5) is 31.7. The quantitative estimate of drug-likeness (QED) is 0.837. The van der Waals surface area contributed by atoms with Crippen molar-refractivity contribution in [1.29, 1.82) is 0 Å². The number of carbonyl (C=O) groups excluding carboxylic acids is 2. The van der Waals surface area contributed by atoms with Crippen LogP contribution in [-0.4, -0.2) is 54.0 Å². The molecule has 2 heterocycles. The molecule has 0 radical (unpaired) electrons. The molecule has 154 valence electrons. The largest absolute Gasteiger partial charge is 0.441 e. The Hall–Kier alpha value is -2.67. The van der Waals surface area contributed by atoms with Gasteiger partial charge >= 0.3 is 0 Å². The Labute approximate surface area is 170 Å². The predicted molar refractivity (Wildman–Crippen MR) is 107 cm³/mol. The lowest BCUT2D eigenvalue weighted by Crippen LogP contribution is -2.47. The topological polar surface area (TPSA) is 84.7 Å². The summed E-state index contributed by atoms with van der Waals surface area (Å²) in [5.41, 5.74) is 1.51. The van der Waals surface area contributed by atoms with E-state index in [0.717, 1.165) is 18.4 Å². The van der Waals surface area contributed by atoms with Gasteiger partial charge in [0.15, 0.2) is 0 Å². The van der Waals surface area contributed by atoms with Gasteiger partial charge in [-0.1, -0.05) is 18.2 Å². The monoisotopic (exact) mass is 397 g/mol. The van der Waals surface area contributed by atoms with E-state index >= 15 is 0 Å². The van der Waals surface area contributed by atoms with E-state index in [1.807, 2.05) is 37.3 Å². The first-order valence-corrected chi connectivity index (χ1v) is 10.3. The van der Waals surface area contributed by atoms with E-state index in [0.29, 0.717) is 43.6 Å². The Morgan fingerprint density at radius 1 is 1.24 bits per heavy atom. The van der Waals surface area contributed by atoms with Crippen LogP contribution in [0.4, 0.5) is 0 Å². The van der Waals surface area contributed by atoms with Crippen LogP contribution >= 0.6 is 0 Å². The van der Waals surface area contributed by atoms with Crippen LogP contribution in [-0.2, 0) is 20.7 Å². The maximum atomic E-state index is 12.9. The molecular weight excluding hydrogens is 370 g/mol. The number of hydrogen-bond acceptors (Lipinski definition) is 5. The summed E-state index contributed by atoms with van der Waals surface area (Å²) in [6, 6.07) is 9.91. The van der Waals surface area contributed by atoms with E-state index in [9.17, 15) is 9.59 Å². The fourth-order valence-corrected chi connectivity index (χ4v) is 3.62. The lowest BCUT2D eigenvalue weighted by molar-refractivity contribution is -0.132. The molecule has 1 aromatic carbocycles. The number of carbonyl (C=O) groups is 2. The predicted octanol–water partition coefficient (Wildman–Crippen LogP) is 2.34. The molecule has 29 heavy (non-hydrogen) atoms. The van der Waals surface area contributed by atoms with E-state index in [1.165, 1.54) is 6.42 Å². The number of oxazole rings is 1. The molecule has 7 nitrogen and oxygen atoms in total. The van der Waals surface area contributed by atoms with Gasteiger partial charge in [0.25, 0.3) is 0 Å². The Morgan fingerprint density at radius 3 is 2.76 bits per heavy atom. The van der Waals surface area contributed by atoms with Crippen LogP contribution in [0, 0.1) is 12.8 Å². The Kier molecular flexibility index (Phi) is 5.94. The first-order valence-electron chi connectivity index (χ1n) is 10.3. The summed E-state index contributed by atoms with van der Waals surface area (Å²) >= 11 is 0. The molecule has 1 saturated carbocycles. The molecule has 2 aromatic rings. The van der Waals surface area contributed by atoms with Gasteiger partial charge in [-0.05, 0) is 38.3 Å². The zero-order chi connectivity index (χ0) is 20.2. The smallest absolute Gasteiger partial charge is 0.228 e. The van der Waals surface area contributed by atoms with Gasteiger partial charge in [0, 0.05) is 24.7 Å². The van der Waals surface area contributed by atoms with Crippen molar-refractivity contribution >= 4 is 11.8 Å². The highest BCUT2D eigenvalue weighted by Crippen LogP contribution is 2.23. The summed E-state index contributed by atoms with van der Waals surface area (Å²) in [7, 11) is 0. The fourth-order valence-electron chi connectivity index (χ4n) is 3.62. The SMILES string of the molecule is Cc1oc(-c2ccccc2)nc1CC(=O)N1CCOCC(C(=O)NC2CCC2)C1. The number of nitrogens with zero attached hydrogens (tertiary/aromatic N) is 2. The third kappa shape index (κ3) is 4.67. The van der Waals surface area contributed by atoms with Crippen molar-refractivity contribution in [3.8, 4) is 11.5 Å². The Morgan fingerprint density at radius 2 is 2.03 bits per heavy atom. The molecule has 1 unspecified atom stereocenters. The normalized spacial score (nSPS) is 20.0. The van der Waals surface area contributed by atoms with E-state index in [2.05, 4.69) is 10.3 Å². The lowest BCUT2D eigenvalue weighted by atomic mass is 9.92. The van der Waals surface area contributed by atoms with Gasteiger partial charge in [-0.2, -0.15) is 0 Å². The summed E-state index contributed by atoms with van der Waals surface area (Å²) in [6.45, 7) is 3.46. The molecule has 0 spiro atoms. The first-order chi connectivity index (χ1) is 14.1. The third-order valence-electron chi connectivity index (χ3n) is 5.67. The van der Waals surface area contributed by atoms with E-state index < -0.39 is 0 Å². The van der Waals surface area contributed by atoms with E-state index in [1.54, 1.807) is 4.90 Å². The van der Waals surface area contributed by atoms with Crippen molar-refractivity contribution in [1.82, 2.24) is 15.2 Å². The number of nitrogens with one attached hydrogen (secondary N) is 1. The molecule has 1 aliphatic heterocycles. The van der Waals surface area contributed by atoms with Gasteiger partial charge in [-0.25, -0.2) is 4.98 Å². The molecule has 4 rings (SSSR count). The minimum absolute atomic E-state index is 0.0154. The second-order valence-corrected chi connectivity index (χ2v) is 7.81. The number of aryl methyl sites for hydroxylation is 1. The van der Waals surface area contributed by atoms with Gasteiger partial charge in [0.1, 0.15) is 5.76 Å². The van der Waals surface area contributed by atoms with Crippen LogP contribution in [0.5, 0.6) is 0 Å². The molecule has 1 N–H and O–H groups in total. The Balaban J connectivity index is 1.40. The minimum atomic E-state index is -0.333. The lowest BCUT2D eigenvalue weighted by Gasteiger charge is -2.29. The average Bonchev–Trinajstić information content (AvgIpc) is 2.91. The molecule has 1 aliphatic carbocycles. The number of hydrogen-bond donors (Lipinski definition) is 1. The number of aromatic nitrogens is 1. The third-order valence-corrected chi connectivity index (χ3v) is 5.67. The van der Waals surface area contributed by atoms with Crippen LogP contribution in [0.1, 0.15) is 30.7 Å². The molecule has 2 fully saturated rings. The maximum Gasteiger partial charge on any atom is 0.228 e. The average molecular weight is 397 g/mol. The number of benzene rings is 1. The van der Waals surface area contributed by atoms with Gasteiger partial charge in [0.05, 0.1) is 31.2 Å². The maximum absolute atomic E-state index is 12.9. The van der Waals surface area contributed by atoms with Crippen molar-refractivity contribution in [2.24, 2.45) is 5.92 Å². The van der Waals surface area contributed by atoms with Crippen molar-refractivity contribution in [3.05, 3.63) is 41.8 Å². The van der Waals surface area contributed by atoms with E-state index in [-0.39, 0.29) is 30.2 Å². The van der Waals surface area contributed by atoms with Crippen molar-refractivity contribution in [2.45, 2.75) is 38.6 Å². The highest BCUT2D eigenvalue weighted by atomic mass is 16.5. The first kappa shape index (κ1) is 19.6. The summed E-state index contributed by atoms with van der Waals surface area (Å²) in [6.07, 6.45) is 3.40. The van der Waals surface area contributed by atoms with Gasteiger partial charge < -0.3 is 19.4 Å². The highest BCUT2D eigenvalue weighted by molar-refractivity contribution is 5.82. The highest BCUT2D eigenvalue weighted by Gasteiger charge is 2.30. The minimum Gasteiger partial charge on any atom is -0.441 e. The molecule has 1 saturated heterocycles. The zero-order valence-electron chi connectivity index (χ0n) is 16.7. The molecule has 0 bridgehead atoms. The summed E-state index contributed by atoms with van der Waals surface area (Å²) < 4.78 is 11.4. The van der Waals surface area contributed by atoms with E-state index in [4.69, 9.17) is 9.15 Å². The van der Waals surface area contributed by atoms with Crippen LogP contribution in [0.3, 0.4) is 0 Å². The fraction of sp³-hybridized carbons (Fsp3) is 0.500. The number of rotatable bonds is 5. The standard InChI is InChI=1S/C22H27N3O4/c1-15-19(24-22(29-15)16-6-3-2-4-7-16)12-20(26)25-10-11-28-14-17(13-25)21(27)23-18-8-5-9-18/h2-4,6-7,17-18H,5,8-14H2,1H3,(H,23,27). The molecule has 7 heteroatoms. The van der Waals surface area contributed by atoms with Crippen LogP contribution in [0.2, 0.25) is 0 Å². The second-order valence-electron chi connectivity index (χ2n) is 7.81. The molecule has 2 amide bonds. The van der Waals surface area contributed by atoms with Gasteiger partial charge in [0.2, 0.25) is 17.7 Å². The molecule has 1 atom stereocenters. The Bertz CT molecular complexity index is 860. The number of ether oxygens (including phenoxy) is 1. The molecule has 1 aromatic heterocycles. The van der Waals surface area contributed by atoms with Crippen LogP contribution in [0.25, 0.3) is 11.5 Å². The summed E-state index contributed by atoms with van der Waals surface area (Å²) in [5, 5.41) is 3.07. The zero-order valence-corrected chi connectivity index (χ0v) is 16.7. The van der Waals surface area contributed by atoms with Crippen molar-refractivity contribution in [2.75, 3.05) is 26.3 Å².